The lowest BCUT2D eigenvalue weighted by Gasteiger charge is -2.49. The van der Waals surface area contributed by atoms with Crippen LogP contribution in [0, 0.1) is 17.3 Å². The number of aromatic hydroxyl groups is 1. The van der Waals surface area contributed by atoms with Gasteiger partial charge >= 0.3 is 0 Å². The van der Waals surface area contributed by atoms with Gasteiger partial charge in [0.15, 0.2) is 11.5 Å². The molecule has 2 saturated carbocycles. The van der Waals surface area contributed by atoms with E-state index in [4.69, 9.17) is 14.3 Å². The third kappa shape index (κ3) is 3.75. The van der Waals surface area contributed by atoms with E-state index in [1.807, 2.05) is 30.3 Å². The molecule has 33 heavy (non-hydrogen) atoms. The van der Waals surface area contributed by atoms with Crippen molar-refractivity contribution in [2.75, 3.05) is 14.2 Å². The van der Waals surface area contributed by atoms with Crippen molar-refractivity contribution >= 4 is 5.70 Å². The van der Waals surface area contributed by atoms with Crippen LogP contribution in [0.2, 0.25) is 0 Å². The van der Waals surface area contributed by atoms with Crippen LogP contribution < -0.4 is 15.0 Å². The Hall–Kier alpha value is -2.70. The Bertz CT molecular complexity index is 1070. The lowest BCUT2D eigenvalue weighted by atomic mass is 9.56. The van der Waals surface area contributed by atoms with E-state index in [9.17, 15) is 10.2 Å². The molecule has 176 valence electrons. The molecule has 2 aromatic rings. The summed E-state index contributed by atoms with van der Waals surface area (Å²) in [5, 5.41) is 21.2. The number of hydrogen-bond acceptors (Lipinski definition) is 6. The van der Waals surface area contributed by atoms with E-state index < -0.39 is 0 Å². The minimum absolute atomic E-state index is 0.0528. The van der Waals surface area contributed by atoms with Gasteiger partial charge in [0.1, 0.15) is 5.75 Å². The Labute approximate surface area is 195 Å². The molecule has 0 unspecified atom stereocenters. The number of phenols is 1. The minimum Gasteiger partial charge on any atom is -0.504 e. The Kier molecular flexibility index (Phi) is 5.75. The van der Waals surface area contributed by atoms with Gasteiger partial charge < -0.3 is 19.7 Å². The standard InChI is InChI=1S/C27H33NO5/c1-27-10-9-18-19-14-25(32-3)24(29)13-21(19)23(12-20(18)22(27)7-8-26(27)30)28-33-15-16-5-4-6-17(11-16)31-2/h4-6,11-14,18,20,22,26,28-30H,7-10,15H2,1-3H3/t18-,20-,22+,26+,27+/m1/s1. The smallest absolute Gasteiger partial charge is 0.160 e. The van der Waals surface area contributed by atoms with Gasteiger partial charge in [0.2, 0.25) is 0 Å². The number of hydrogen-bond donors (Lipinski definition) is 3. The molecular weight excluding hydrogens is 418 g/mol. The average molecular weight is 452 g/mol. The molecule has 3 aliphatic carbocycles. The SMILES string of the molecule is COc1cccc(CONC2=C[C@@H]3[C@H](CC[C@]4(C)[C@@H](O)CC[C@@H]34)c3cc(OC)c(O)cc32)c1. The largest absolute Gasteiger partial charge is 0.504 e. The van der Waals surface area contributed by atoms with Gasteiger partial charge in [0.05, 0.1) is 32.6 Å². The molecule has 6 nitrogen and oxygen atoms in total. The summed E-state index contributed by atoms with van der Waals surface area (Å²) in [6.45, 7) is 2.62. The number of allylic oxidation sites excluding steroid dienone is 1. The van der Waals surface area contributed by atoms with Crippen LogP contribution in [0.1, 0.15) is 55.2 Å². The molecule has 5 rings (SSSR count). The normalized spacial score (nSPS) is 30.0. The van der Waals surface area contributed by atoms with Crippen LogP contribution >= 0.6 is 0 Å². The van der Waals surface area contributed by atoms with Crippen molar-refractivity contribution in [1.82, 2.24) is 5.48 Å². The zero-order valence-corrected chi connectivity index (χ0v) is 19.5. The lowest BCUT2D eigenvalue weighted by molar-refractivity contribution is -0.00877. The summed E-state index contributed by atoms with van der Waals surface area (Å²) in [5.74, 6) is 2.44. The predicted octanol–water partition coefficient (Wildman–Crippen LogP) is 4.76. The van der Waals surface area contributed by atoms with E-state index in [0.29, 0.717) is 30.1 Å². The molecule has 0 radical (unpaired) electrons. The van der Waals surface area contributed by atoms with Gasteiger partial charge in [0.25, 0.3) is 0 Å². The maximum atomic E-state index is 10.7. The van der Waals surface area contributed by atoms with Gasteiger partial charge in [-0.3, -0.25) is 10.3 Å². The highest BCUT2D eigenvalue weighted by atomic mass is 16.6. The first-order valence-corrected chi connectivity index (χ1v) is 11.8. The van der Waals surface area contributed by atoms with Crippen molar-refractivity contribution in [3.8, 4) is 17.2 Å². The van der Waals surface area contributed by atoms with Crippen molar-refractivity contribution in [2.45, 2.75) is 51.2 Å². The number of hydroxylamine groups is 1. The first-order valence-electron chi connectivity index (χ1n) is 11.8. The molecule has 2 aromatic carbocycles. The van der Waals surface area contributed by atoms with Gasteiger partial charge in [-0.1, -0.05) is 25.1 Å². The van der Waals surface area contributed by atoms with Crippen molar-refractivity contribution in [1.29, 1.82) is 0 Å². The highest BCUT2D eigenvalue weighted by Crippen LogP contribution is 2.61. The molecule has 0 aromatic heterocycles. The highest BCUT2D eigenvalue weighted by molar-refractivity contribution is 5.72. The zero-order valence-electron chi connectivity index (χ0n) is 19.5. The predicted molar refractivity (Wildman–Crippen MR) is 126 cm³/mol. The van der Waals surface area contributed by atoms with Gasteiger partial charge in [-0.15, -0.1) is 0 Å². The fourth-order valence-electron chi connectivity index (χ4n) is 6.38. The monoisotopic (exact) mass is 451 g/mol. The molecule has 0 heterocycles. The average Bonchev–Trinajstić information content (AvgIpc) is 3.13. The topological polar surface area (TPSA) is 80.2 Å². The van der Waals surface area contributed by atoms with Crippen molar-refractivity contribution < 1.29 is 24.5 Å². The second-order valence-corrected chi connectivity index (χ2v) is 9.86. The van der Waals surface area contributed by atoms with Gasteiger partial charge in [0, 0.05) is 5.56 Å². The van der Waals surface area contributed by atoms with E-state index in [1.54, 1.807) is 20.3 Å². The van der Waals surface area contributed by atoms with E-state index in [-0.39, 0.29) is 17.3 Å². The number of ether oxygens (including phenoxy) is 2. The van der Waals surface area contributed by atoms with E-state index in [2.05, 4.69) is 18.5 Å². The summed E-state index contributed by atoms with van der Waals surface area (Å²) >= 11 is 0. The number of phenolic OH excluding ortho intramolecular Hbond substituents is 1. The van der Waals surface area contributed by atoms with Gasteiger partial charge in [-0.2, -0.15) is 0 Å². The summed E-state index contributed by atoms with van der Waals surface area (Å²) in [4.78, 5) is 5.91. The Morgan fingerprint density at radius 1 is 1.09 bits per heavy atom. The molecule has 0 bridgehead atoms. The molecule has 0 amide bonds. The number of methoxy groups -OCH3 is 2. The summed E-state index contributed by atoms with van der Waals surface area (Å²) in [6.07, 6.45) is 5.92. The number of aliphatic hydroxyl groups is 1. The number of rotatable bonds is 6. The molecular formula is C27H33NO5. The molecule has 2 fully saturated rings. The van der Waals surface area contributed by atoms with Crippen LogP contribution in [0.15, 0.2) is 42.5 Å². The Morgan fingerprint density at radius 3 is 2.73 bits per heavy atom. The first kappa shape index (κ1) is 22.1. The maximum absolute atomic E-state index is 10.7. The van der Waals surface area contributed by atoms with Crippen LogP contribution in [0.4, 0.5) is 0 Å². The quantitative estimate of drug-likeness (QED) is 0.550. The second kappa shape index (κ2) is 8.58. The Morgan fingerprint density at radius 2 is 1.94 bits per heavy atom. The number of benzene rings is 2. The Balaban J connectivity index is 1.46. The molecule has 0 spiro atoms. The van der Waals surface area contributed by atoms with Crippen LogP contribution in [0.25, 0.3) is 5.70 Å². The summed E-state index contributed by atoms with van der Waals surface area (Å²) in [5.41, 5.74) is 7.10. The minimum atomic E-state index is -0.242. The van der Waals surface area contributed by atoms with Gasteiger partial charge in [-0.25, -0.2) is 0 Å². The third-order valence-corrected chi connectivity index (χ3v) is 8.24. The zero-order chi connectivity index (χ0) is 23.2. The molecule has 3 N–H and O–H groups in total. The maximum Gasteiger partial charge on any atom is 0.160 e. The summed E-state index contributed by atoms with van der Waals surface area (Å²) < 4.78 is 10.7. The molecule has 0 saturated heterocycles. The highest BCUT2D eigenvalue weighted by Gasteiger charge is 2.54. The fourth-order valence-corrected chi connectivity index (χ4v) is 6.38. The van der Waals surface area contributed by atoms with Crippen molar-refractivity contribution in [2.24, 2.45) is 17.3 Å². The molecule has 6 heteroatoms. The van der Waals surface area contributed by atoms with E-state index in [1.165, 1.54) is 5.56 Å². The van der Waals surface area contributed by atoms with E-state index >= 15 is 0 Å². The number of fused-ring (bicyclic) bond motifs is 5. The van der Waals surface area contributed by atoms with Crippen LogP contribution in [0.5, 0.6) is 17.2 Å². The lowest BCUT2D eigenvalue weighted by Crippen LogP contribution is -2.43. The number of aliphatic hydroxyl groups excluding tert-OH is 1. The second-order valence-electron chi connectivity index (χ2n) is 9.86. The molecule has 3 aliphatic rings. The van der Waals surface area contributed by atoms with Crippen LogP contribution in [0.3, 0.4) is 0 Å². The van der Waals surface area contributed by atoms with Gasteiger partial charge in [-0.05, 0) is 84.2 Å². The van der Waals surface area contributed by atoms with E-state index in [0.717, 1.165) is 48.3 Å². The summed E-state index contributed by atoms with van der Waals surface area (Å²) in [6, 6.07) is 11.5. The van der Waals surface area contributed by atoms with Crippen LogP contribution in [-0.4, -0.2) is 30.5 Å². The van der Waals surface area contributed by atoms with Crippen molar-refractivity contribution in [3.63, 3.8) is 0 Å². The third-order valence-electron chi connectivity index (χ3n) is 8.24. The number of nitrogens with one attached hydrogen (secondary N) is 1. The molecule has 5 atom stereocenters. The van der Waals surface area contributed by atoms with Crippen molar-refractivity contribution in [3.05, 3.63) is 59.2 Å². The summed E-state index contributed by atoms with van der Waals surface area (Å²) in [7, 11) is 3.23. The first-order chi connectivity index (χ1) is 15.9. The fraction of sp³-hybridized carbons (Fsp3) is 0.481. The molecule has 0 aliphatic heterocycles. The van der Waals surface area contributed by atoms with Crippen LogP contribution in [-0.2, 0) is 11.4 Å².